The summed E-state index contributed by atoms with van der Waals surface area (Å²) in [6.07, 6.45) is 8.26. The molecule has 2 aromatic heterocycles. The van der Waals surface area contributed by atoms with E-state index in [4.69, 9.17) is 9.84 Å². The molecule has 0 saturated heterocycles. The predicted molar refractivity (Wildman–Crippen MR) is 105 cm³/mol. The van der Waals surface area contributed by atoms with Gasteiger partial charge in [0.05, 0.1) is 24.4 Å². The summed E-state index contributed by atoms with van der Waals surface area (Å²) in [6.45, 7) is 1.86. The number of fused-ring (bicyclic) bond motifs is 1. The van der Waals surface area contributed by atoms with Gasteiger partial charge in [-0.3, -0.25) is 9.48 Å². The molecule has 3 aromatic rings. The lowest BCUT2D eigenvalue weighted by Crippen LogP contribution is -2.14. The Morgan fingerprint density at radius 3 is 2.78 bits per heavy atom. The molecule has 2 heterocycles. The molecular formula is C21H24N4O2. The first-order valence-corrected chi connectivity index (χ1v) is 9.46. The summed E-state index contributed by atoms with van der Waals surface area (Å²) in [4.78, 5) is 16.9. The number of anilines is 1. The highest BCUT2D eigenvalue weighted by Gasteiger charge is 2.18. The van der Waals surface area contributed by atoms with E-state index in [9.17, 15) is 4.79 Å². The molecule has 0 spiro atoms. The average molecular weight is 364 g/mol. The van der Waals surface area contributed by atoms with Crippen LogP contribution in [0.2, 0.25) is 0 Å². The van der Waals surface area contributed by atoms with Crippen LogP contribution in [0, 0.1) is 6.92 Å². The van der Waals surface area contributed by atoms with Crippen molar-refractivity contribution in [1.82, 2.24) is 14.8 Å². The smallest absolute Gasteiger partial charge is 0.274 e. The molecule has 6 nitrogen and oxygen atoms in total. The first-order valence-electron chi connectivity index (χ1n) is 9.46. The van der Waals surface area contributed by atoms with E-state index < -0.39 is 0 Å². The minimum atomic E-state index is -0.254. The molecule has 6 heteroatoms. The first-order chi connectivity index (χ1) is 13.1. The lowest BCUT2D eigenvalue weighted by atomic mass is 9.96. The van der Waals surface area contributed by atoms with Gasteiger partial charge in [0.25, 0.3) is 5.91 Å². The third-order valence-corrected chi connectivity index (χ3v) is 5.16. The van der Waals surface area contributed by atoms with Crippen LogP contribution >= 0.6 is 0 Å². The Labute approximate surface area is 158 Å². The number of benzene rings is 1. The van der Waals surface area contributed by atoms with Crippen LogP contribution in [0.3, 0.4) is 0 Å². The van der Waals surface area contributed by atoms with Crippen molar-refractivity contribution in [2.24, 2.45) is 0 Å². The van der Waals surface area contributed by atoms with Crippen LogP contribution in [0.5, 0.6) is 5.75 Å². The molecule has 1 saturated carbocycles. The van der Waals surface area contributed by atoms with Crippen molar-refractivity contribution in [1.29, 1.82) is 0 Å². The van der Waals surface area contributed by atoms with E-state index in [0.717, 1.165) is 16.6 Å². The van der Waals surface area contributed by atoms with Gasteiger partial charge >= 0.3 is 0 Å². The number of aryl methyl sites for hydroxylation is 1. The SMILES string of the molecule is COc1cc2nn(C3CCCCC3)cc2cc1NC(=O)c1cccc(C)n1. The number of amides is 1. The number of ether oxygens (including phenoxy) is 1. The fraction of sp³-hybridized carbons (Fsp3) is 0.381. The Kier molecular flexibility index (Phi) is 4.79. The number of rotatable bonds is 4. The standard InChI is InChI=1S/C21H24N4O2/c1-14-7-6-10-17(22-14)21(26)23-19-11-15-13-25(16-8-4-3-5-9-16)24-18(15)12-20(19)27-2/h6-7,10-13,16H,3-5,8-9H2,1-2H3,(H,23,26). The molecule has 0 aliphatic heterocycles. The van der Waals surface area contributed by atoms with E-state index in [1.54, 1.807) is 13.2 Å². The highest BCUT2D eigenvalue weighted by atomic mass is 16.5. The average Bonchev–Trinajstić information content (AvgIpc) is 3.11. The van der Waals surface area contributed by atoms with Crippen LogP contribution in [0.1, 0.15) is 54.3 Å². The van der Waals surface area contributed by atoms with E-state index >= 15 is 0 Å². The molecule has 1 amide bonds. The van der Waals surface area contributed by atoms with E-state index in [-0.39, 0.29) is 5.91 Å². The zero-order valence-electron chi connectivity index (χ0n) is 15.7. The van der Waals surface area contributed by atoms with Crippen molar-refractivity contribution in [3.63, 3.8) is 0 Å². The van der Waals surface area contributed by atoms with Crippen LogP contribution in [0.15, 0.2) is 36.5 Å². The lowest BCUT2D eigenvalue weighted by molar-refractivity contribution is 0.102. The highest BCUT2D eigenvalue weighted by Crippen LogP contribution is 2.33. The maximum absolute atomic E-state index is 12.6. The molecule has 1 aliphatic carbocycles. The van der Waals surface area contributed by atoms with Gasteiger partial charge < -0.3 is 10.1 Å². The van der Waals surface area contributed by atoms with E-state index in [1.807, 2.05) is 31.2 Å². The second-order valence-corrected chi connectivity index (χ2v) is 7.13. The predicted octanol–water partition coefficient (Wildman–Crippen LogP) is 4.51. The van der Waals surface area contributed by atoms with Gasteiger partial charge in [0.1, 0.15) is 11.4 Å². The van der Waals surface area contributed by atoms with Gasteiger partial charge in [0.2, 0.25) is 0 Å². The molecule has 4 rings (SSSR count). The number of carbonyl (C=O) groups is 1. The van der Waals surface area contributed by atoms with Crippen molar-refractivity contribution in [3.05, 3.63) is 47.9 Å². The Hall–Kier alpha value is -2.89. The zero-order valence-corrected chi connectivity index (χ0v) is 15.7. The minimum Gasteiger partial charge on any atom is -0.494 e. The summed E-state index contributed by atoms with van der Waals surface area (Å²) >= 11 is 0. The summed E-state index contributed by atoms with van der Waals surface area (Å²) in [7, 11) is 1.60. The van der Waals surface area contributed by atoms with Gasteiger partial charge in [0, 0.05) is 23.3 Å². The number of hydrogen-bond acceptors (Lipinski definition) is 4. The molecule has 0 bridgehead atoms. The quantitative estimate of drug-likeness (QED) is 0.740. The van der Waals surface area contributed by atoms with Crippen molar-refractivity contribution in [2.45, 2.75) is 45.1 Å². The summed E-state index contributed by atoms with van der Waals surface area (Å²) in [5.74, 6) is 0.341. The van der Waals surface area contributed by atoms with Crippen LogP contribution < -0.4 is 10.1 Å². The van der Waals surface area contributed by atoms with Gasteiger partial charge in [0.15, 0.2) is 0 Å². The van der Waals surface area contributed by atoms with Gasteiger partial charge in [-0.25, -0.2) is 4.98 Å². The molecule has 27 heavy (non-hydrogen) atoms. The number of methoxy groups -OCH3 is 1. The van der Waals surface area contributed by atoms with Crippen LogP contribution in [-0.2, 0) is 0 Å². The Morgan fingerprint density at radius 2 is 2.04 bits per heavy atom. The Bertz CT molecular complexity index is 973. The zero-order chi connectivity index (χ0) is 18.8. The topological polar surface area (TPSA) is 69.0 Å². The number of carbonyl (C=O) groups excluding carboxylic acids is 1. The number of aromatic nitrogens is 3. The number of nitrogens with zero attached hydrogens (tertiary/aromatic N) is 3. The van der Waals surface area contributed by atoms with Crippen LogP contribution in [0.25, 0.3) is 10.9 Å². The fourth-order valence-corrected chi connectivity index (χ4v) is 3.73. The maximum atomic E-state index is 12.6. The van der Waals surface area contributed by atoms with Gasteiger partial charge in [-0.1, -0.05) is 25.3 Å². The lowest BCUT2D eigenvalue weighted by Gasteiger charge is -2.21. The van der Waals surface area contributed by atoms with E-state index in [1.165, 1.54) is 32.1 Å². The summed E-state index contributed by atoms with van der Waals surface area (Å²) in [5.41, 5.74) is 2.69. The molecule has 0 unspecified atom stereocenters. The van der Waals surface area contributed by atoms with E-state index in [2.05, 4.69) is 21.2 Å². The monoisotopic (exact) mass is 364 g/mol. The second kappa shape index (κ2) is 7.39. The van der Waals surface area contributed by atoms with Crippen molar-refractivity contribution >= 4 is 22.5 Å². The van der Waals surface area contributed by atoms with Crippen molar-refractivity contribution in [2.75, 3.05) is 12.4 Å². The third kappa shape index (κ3) is 3.65. The maximum Gasteiger partial charge on any atom is 0.274 e. The normalized spacial score (nSPS) is 15.0. The molecule has 1 N–H and O–H groups in total. The second-order valence-electron chi connectivity index (χ2n) is 7.13. The first kappa shape index (κ1) is 17.5. The highest BCUT2D eigenvalue weighted by molar-refractivity contribution is 6.05. The van der Waals surface area contributed by atoms with Gasteiger partial charge in [-0.2, -0.15) is 5.10 Å². The molecule has 1 aromatic carbocycles. The van der Waals surface area contributed by atoms with Gasteiger partial charge in [-0.05, 0) is 38.0 Å². The van der Waals surface area contributed by atoms with Crippen LogP contribution in [-0.4, -0.2) is 27.8 Å². The summed E-state index contributed by atoms with van der Waals surface area (Å²) in [6, 6.07) is 9.66. The van der Waals surface area contributed by atoms with E-state index in [0.29, 0.717) is 23.2 Å². The summed E-state index contributed by atoms with van der Waals surface area (Å²) in [5, 5.41) is 8.66. The van der Waals surface area contributed by atoms with Crippen LogP contribution in [0.4, 0.5) is 5.69 Å². The van der Waals surface area contributed by atoms with Crippen molar-refractivity contribution < 1.29 is 9.53 Å². The largest absolute Gasteiger partial charge is 0.494 e. The molecule has 140 valence electrons. The Morgan fingerprint density at radius 1 is 1.22 bits per heavy atom. The molecule has 0 atom stereocenters. The fourth-order valence-electron chi connectivity index (χ4n) is 3.73. The van der Waals surface area contributed by atoms with Gasteiger partial charge in [-0.15, -0.1) is 0 Å². The number of nitrogens with one attached hydrogen (secondary N) is 1. The third-order valence-electron chi connectivity index (χ3n) is 5.16. The summed E-state index contributed by atoms with van der Waals surface area (Å²) < 4.78 is 7.56. The molecular weight excluding hydrogens is 340 g/mol. The van der Waals surface area contributed by atoms with Crippen molar-refractivity contribution in [3.8, 4) is 5.75 Å². The molecule has 0 radical (unpaired) electrons. The number of pyridine rings is 1. The Balaban J connectivity index is 1.64. The molecule has 1 aliphatic rings. The minimum absolute atomic E-state index is 0.254. The number of hydrogen-bond donors (Lipinski definition) is 1. The molecule has 1 fully saturated rings.